The molecule has 0 radical (unpaired) electrons. The maximum atomic E-state index is 13.2. The summed E-state index contributed by atoms with van der Waals surface area (Å²) in [6.07, 6.45) is 12.7. The standard InChI is InChI=1S/C39H27FN4/c40-22-39-11-10-32(26-44-39)38-19-34(18-37(21-38)31-9-4-14-43-25-31)28-6-1-5-27(15-28)33-16-35(29-7-2-12-41-23-29)20-36(17-33)30-8-3-13-42-24-30/h1-21,23-26H,22H2. The van der Waals surface area contributed by atoms with Gasteiger partial charge in [-0.25, -0.2) is 4.39 Å². The molecule has 0 bridgehead atoms. The van der Waals surface area contributed by atoms with Crippen molar-refractivity contribution < 1.29 is 4.39 Å². The first kappa shape index (κ1) is 27.0. The second kappa shape index (κ2) is 12.2. The molecule has 0 spiro atoms. The van der Waals surface area contributed by atoms with Gasteiger partial charge in [0, 0.05) is 65.6 Å². The van der Waals surface area contributed by atoms with E-state index in [-0.39, 0.29) is 0 Å². The predicted octanol–water partition coefficient (Wildman–Crippen LogP) is 9.74. The van der Waals surface area contributed by atoms with Crippen molar-refractivity contribution in [2.45, 2.75) is 6.67 Å². The molecule has 4 nitrogen and oxygen atoms in total. The number of aromatic nitrogens is 4. The Balaban J connectivity index is 1.36. The van der Waals surface area contributed by atoms with E-state index in [9.17, 15) is 4.39 Å². The molecule has 210 valence electrons. The molecule has 0 unspecified atom stereocenters. The summed E-state index contributed by atoms with van der Waals surface area (Å²) < 4.78 is 13.2. The number of hydrogen-bond donors (Lipinski definition) is 0. The number of alkyl halides is 1. The van der Waals surface area contributed by atoms with Crippen LogP contribution < -0.4 is 0 Å². The highest BCUT2D eigenvalue weighted by molar-refractivity contribution is 5.85. The third kappa shape index (κ3) is 5.76. The van der Waals surface area contributed by atoms with Gasteiger partial charge in [-0.1, -0.05) is 42.5 Å². The van der Waals surface area contributed by atoms with E-state index in [4.69, 9.17) is 0 Å². The molecule has 0 atom stereocenters. The van der Waals surface area contributed by atoms with Crippen LogP contribution in [0.5, 0.6) is 0 Å². The van der Waals surface area contributed by atoms with Gasteiger partial charge in [0.15, 0.2) is 0 Å². The largest absolute Gasteiger partial charge is 0.264 e. The molecule has 4 heterocycles. The second-order valence-electron chi connectivity index (χ2n) is 10.6. The lowest BCUT2D eigenvalue weighted by atomic mass is 9.91. The Morgan fingerprint density at radius 2 is 0.727 bits per heavy atom. The lowest BCUT2D eigenvalue weighted by Crippen LogP contribution is -1.90. The number of halogens is 1. The Hall–Kier alpha value is -5.81. The van der Waals surface area contributed by atoms with Gasteiger partial charge >= 0.3 is 0 Å². The van der Waals surface area contributed by atoms with E-state index in [0.29, 0.717) is 5.69 Å². The molecule has 0 aliphatic carbocycles. The van der Waals surface area contributed by atoms with Gasteiger partial charge in [0.25, 0.3) is 0 Å². The molecule has 0 amide bonds. The normalized spacial score (nSPS) is 10.9. The minimum Gasteiger partial charge on any atom is -0.264 e. The molecule has 3 aromatic carbocycles. The SMILES string of the molecule is FCc1ccc(-c2cc(-c3cccnc3)cc(-c3cccc(-c4cc(-c5cccnc5)cc(-c5cccnc5)c4)c3)c2)cn1. The second-order valence-corrected chi connectivity index (χ2v) is 10.6. The number of pyridine rings is 4. The van der Waals surface area contributed by atoms with Crippen LogP contribution >= 0.6 is 0 Å². The molecule has 0 saturated heterocycles. The van der Waals surface area contributed by atoms with E-state index in [1.807, 2.05) is 42.9 Å². The highest BCUT2D eigenvalue weighted by atomic mass is 19.1. The van der Waals surface area contributed by atoms with Crippen LogP contribution in [0.1, 0.15) is 5.69 Å². The predicted molar refractivity (Wildman–Crippen MR) is 175 cm³/mol. The van der Waals surface area contributed by atoms with Crippen molar-refractivity contribution in [1.82, 2.24) is 19.9 Å². The van der Waals surface area contributed by atoms with Gasteiger partial charge in [0.1, 0.15) is 6.67 Å². The monoisotopic (exact) mass is 570 g/mol. The van der Waals surface area contributed by atoms with Crippen molar-refractivity contribution in [2.75, 3.05) is 0 Å². The Morgan fingerprint density at radius 3 is 1.07 bits per heavy atom. The Bertz CT molecular complexity index is 1970. The van der Waals surface area contributed by atoms with Crippen LogP contribution in [-0.4, -0.2) is 19.9 Å². The first-order valence-electron chi connectivity index (χ1n) is 14.4. The molecule has 0 aliphatic rings. The maximum Gasteiger partial charge on any atom is 0.131 e. The minimum absolute atomic E-state index is 0.421. The fraction of sp³-hybridized carbons (Fsp3) is 0.0256. The van der Waals surface area contributed by atoms with Crippen LogP contribution in [0, 0.1) is 0 Å². The lowest BCUT2D eigenvalue weighted by molar-refractivity contribution is 0.476. The van der Waals surface area contributed by atoms with Gasteiger partial charge in [-0.15, -0.1) is 0 Å². The first-order valence-corrected chi connectivity index (χ1v) is 14.4. The van der Waals surface area contributed by atoms with Crippen molar-refractivity contribution in [1.29, 1.82) is 0 Å². The van der Waals surface area contributed by atoms with Crippen LogP contribution in [0.25, 0.3) is 66.8 Å². The Morgan fingerprint density at radius 1 is 0.364 bits per heavy atom. The third-order valence-electron chi connectivity index (χ3n) is 7.67. The van der Waals surface area contributed by atoms with Crippen LogP contribution in [0.2, 0.25) is 0 Å². The van der Waals surface area contributed by atoms with Gasteiger partial charge in [-0.3, -0.25) is 19.9 Å². The van der Waals surface area contributed by atoms with E-state index in [1.54, 1.807) is 30.9 Å². The molecule has 0 saturated carbocycles. The van der Waals surface area contributed by atoms with Crippen LogP contribution in [-0.2, 0) is 6.67 Å². The lowest BCUT2D eigenvalue weighted by Gasteiger charge is -2.14. The zero-order chi connectivity index (χ0) is 29.7. The van der Waals surface area contributed by atoms with Crippen LogP contribution in [0.4, 0.5) is 4.39 Å². The summed E-state index contributed by atoms with van der Waals surface area (Å²) in [7, 11) is 0. The van der Waals surface area contributed by atoms with E-state index in [1.165, 1.54) is 0 Å². The van der Waals surface area contributed by atoms with Gasteiger partial charge in [-0.05, 0) is 111 Å². The zero-order valence-corrected chi connectivity index (χ0v) is 23.8. The number of nitrogens with zero attached hydrogens (tertiary/aromatic N) is 4. The summed E-state index contributed by atoms with van der Waals surface area (Å²) in [5.74, 6) is 0. The van der Waals surface area contributed by atoms with Crippen molar-refractivity contribution in [3.63, 3.8) is 0 Å². The van der Waals surface area contributed by atoms with E-state index < -0.39 is 6.67 Å². The number of hydrogen-bond acceptors (Lipinski definition) is 4. The first-order chi connectivity index (χ1) is 21.7. The third-order valence-corrected chi connectivity index (χ3v) is 7.67. The number of rotatable bonds is 7. The molecule has 0 fully saturated rings. The maximum absolute atomic E-state index is 13.2. The Labute approximate surface area is 255 Å². The van der Waals surface area contributed by atoms with Gasteiger partial charge in [-0.2, -0.15) is 0 Å². The van der Waals surface area contributed by atoms with Crippen LogP contribution in [0.15, 0.2) is 153 Å². The molecular formula is C39H27FN4. The summed E-state index contributed by atoms with van der Waals surface area (Å²) in [5, 5.41) is 0. The summed E-state index contributed by atoms with van der Waals surface area (Å²) in [6.45, 7) is -0.585. The average molecular weight is 571 g/mol. The molecule has 0 aliphatic heterocycles. The fourth-order valence-electron chi connectivity index (χ4n) is 5.41. The molecule has 7 rings (SSSR count). The highest BCUT2D eigenvalue weighted by Crippen LogP contribution is 2.36. The molecule has 7 aromatic rings. The van der Waals surface area contributed by atoms with E-state index in [0.717, 1.165) is 66.8 Å². The van der Waals surface area contributed by atoms with E-state index in [2.05, 4.69) is 98.8 Å². The molecule has 5 heteroatoms. The summed E-state index contributed by atoms with van der Waals surface area (Å²) >= 11 is 0. The number of benzene rings is 3. The molecular weight excluding hydrogens is 543 g/mol. The van der Waals surface area contributed by atoms with Gasteiger partial charge in [0.05, 0.1) is 5.69 Å². The van der Waals surface area contributed by atoms with Crippen molar-refractivity contribution in [3.8, 4) is 66.8 Å². The summed E-state index contributed by atoms with van der Waals surface area (Å²) in [4.78, 5) is 17.4. The summed E-state index contributed by atoms with van der Waals surface area (Å²) in [5.41, 5.74) is 13.0. The van der Waals surface area contributed by atoms with Crippen molar-refractivity contribution in [2.24, 2.45) is 0 Å². The highest BCUT2D eigenvalue weighted by Gasteiger charge is 2.12. The molecule has 0 N–H and O–H groups in total. The van der Waals surface area contributed by atoms with Crippen molar-refractivity contribution in [3.05, 3.63) is 158 Å². The minimum atomic E-state index is -0.585. The smallest absolute Gasteiger partial charge is 0.131 e. The van der Waals surface area contributed by atoms with Gasteiger partial charge < -0.3 is 0 Å². The zero-order valence-electron chi connectivity index (χ0n) is 23.8. The quantitative estimate of drug-likeness (QED) is 0.191. The van der Waals surface area contributed by atoms with Gasteiger partial charge in [0.2, 0.25) is 0 Å². The average Bonchev–Trinajstić information content (AvgIpc) is 3.12. The summed E-state index contributed by atoms with van der Waals surface area (Å²) in [6, 6.07) is 37.4. The Kier molecular flexibility index (Phi) is 7.50. The molecule has 44 heavy (non-hydrogen) atoms. The fourth-order valence-corrected chi connectivity index (χ4v) is 5.41. The van der Waals surface area contributed by atoms with Crippen molar-refractivity contribution >= 4 is 0 Å². The molecule has 4 aromatic heterocycles. The van der Waals surface area contributed by atoms with E-state index >= 15 is 0 Å². The van der Waals surface area contributed by atoms with Crippen LogP contribution in [0.3, 0.4) is 0 Å². The topological polar surface area (TPSA) is 51.6 Å².